The quantitative estimate of drug-likeness (QED) is 0.723. The summed E-state index contributed by atoms with van der Waals surface area (Å²) in [6.07, 6.45) is 0. The minimum Gasteiger partial charge on any atom is -0.497 e. The van der Waals surface area contributed by atoms with Crippen molar-refractivity contribution in [2.45, 2.75) is 6.54 Å². The summed E-state index contributed by atoms with van der Waals surface area (Å²) in [5.74, 6) is 1.03. The van der Waals surface area contributed by atoms with Crippen molar-refractivity contribution in [3.8, 4) is 5.75 Å². The van der Waals surface area contributed by atoms with Gasteiger partial charge in [-0.3, -0.25) is 4.79 Å². The lowest BCUT2D eigenvalue weighted by molar-refractivity contribution is 0.102. The Morgan fingerprint density at radius 2 is 1.72 bits per heavy atom. The van der Waals surface area contributed by atoms with Crippen LogP contribution in [-0.2, 0) is 6.54 Å². The van der Waals surface area contributed by atoms with Crippen LogP contribution in [0, 0.1) is 0 Å². The number of methoxy groups -OCH3 is 1. The molecule has 0 fully saturated rings. The van der Waals surface area contributed by atoms with Gasteiger partial charge in [-0.15, -0.1) is 10.2 Å². The zero-order valence-electron chi connectivity index (χ0n) is 13.8. The van der Waals surface area contributed by atoms with Crippen molar-refractivity contribution in [3.05, 3.63) is 78.0 Å². The molecule has 1 amide bonds. The van der Waals surface area contributed by atoms with E-state index in [0.717, 1.165) is 11.3 Å². The molecule has 126 valence electrons. The van der Waals surface area contributed by atoms with Gasteiger partial charge in [0.05, 0.1) is 7.11 Å². The highest BCUT2D eigenvalue weighted by Gasteiger charge is 2.09. The second kappa shape index (κ2) is 7.92. The highest BCUT2D eigenvalue weighted by Crippen LogP contribution is 2.15. The number of carbonyl (C=O) groups is 1. The van der Waals surface area contributed by atoms with Gasteiger partial charge in [-0.25, -0.2) is 0 Å². The van der Waals surface area contributed by atoms with Crippen LogP contribution in [0.15, 0.2) is 66.7 Å². The van der Waals surface area contributed by atoms with Crippen molar-refractivity contribution in [1.82, 2.24) is 10.2 Å². The minimum absolute atomic E-state index is 0.251. The van der Waals surface area contributed by atoms with E-state index in [1.165, 1.54) is 0 Å². The highest BCUT2D eigenvalue weighted by atomic mass is 16.5. The summed E-state index contributed by atoms with van der Waals surface area (Å²) in [6.45, 7) is 0.646. The largest absolute Gasteiger partial charge is 0.497 e. The van der Waals surface area contributed by atoms with Crippen molar-refractivity contribution in [2.24, 2.45) is 0 Å². The molecule has 0 radical (unpaired) electrons. The summed E-state index contributed by atoms with van der Waals surface area (Å²) >= 11 is 0. The molecule has 0 aliphatic rings. The van der Waals surface area contributed by atoms with Gasteiger partial charge in [0, 0.05) is 12.2 Å². The SMILES string of the molecule is COc1ccc(NC(=O)c2ccc(NCc3ccccc3)nn2)cc1. The predicted octanol–water partition coefficient (Wildman–Crippen LogP) is 3.35. The number of hydrogen-bond acceptors (Lipinski definition) is 5. The molecule has 2 aromatic carbocycles. The monoisotopic (exact) mass is 334 g/mol. The van der Waals surface area contributed by atoms with E-state index < -0.39 is 0 Å². The molecule has 0 bridgehead atoms. The Hall–Kier alpha value is -3.41. The lowest BCUT2D eigenvalue weighted by Crippen LogP contribution is -2.14. The first-order valence-corrected chi connectivity index (χ1v) is 7.81. The van der Waals surface area contributed by atoms with Gasteiger partial charge in [-0.2, -0.15) is 0 Å². The van der Waals surface area contributed by atoms with Crippen LogP contribution in [0.5, 0.6) is 5.75 Å². The first-order valence-electron chi connectivity index (χ1n) is 7.81. The number of hydrogen-bond donors (Lipinski definition) is 2. The fourth-order valence-electron chi connectivity index (χ4n) is 2.21. The molecular weight excluding hydrogens is 316 g/mol. The average molecular weight is 334 g/mol. The van der Waals surface area contributed by atoms with Gasteiger partial charge in [0.1, 0.15) is 11.6 Å². The van der Waals surface area contributed by atoms with Gasteiger partial charge >= 0.3 is 0 Å². The van der Waals surface area contributed by atoms with Crippen LogP contribution >= 0.6 is 0 Å². The maximum absolute atomic E-state index is 12.2. The van der Waals surface area contributed by atoms with Crippen LogP contribution in [0.3, 0.4) is 0 Å². The average Bonchev–Trinajstić information content (AvgIpc) is 2.68. The van der Waals surface area contributed by atoms with Crippen molar-refractivity contribution in [1.29, 1.82) is 0 Å². The third-order valence-corrected chi connectivity index (χ3v) is 3.56. The molecule has 0 aliphatic heterocycles. The van der Waals surface area contributed by atoms with E-state index in [1.54, 1.807) is 43.5 Å². The van der Waals surface area contributed by atoms with E-state index in [4.69, 9.17) is 4.74 Å². The van der Waals surface area contributed by atoms with Crippen LogP contribution in [0.1, 0.15) is 16.1 Å². The molecule has 6 nitrogen and oxygen atoms in total. The Kier molecular flexibility index (Phi) is 5.21. The Balaban J connectivity index is 1.58. The van der Waals surface area contributed by atoms with Crippen molar-refractivity contribution < 1.29 is 9.53 Å². The lowest BCUT2D eigenvalue weighted by Gasteiger charge is -2.07. The molecule has 25 heavy (non-hydrogen) atoms. The molecule has 1 aromatic heterocycles. The maximum atomic E-state index is 12.2. The number of nitrogens with one attached hydrogen (secondary N) is 2. The number of carbonyl (C=O) groups excluding carboxylic acids is 1. The van der Waals surface area contributed by atoms with Crippen molar-refractivity contribution >= 4 is 17.4 Å². The molecule has 1 heterocycles. The van der Waals surface area contributed by atoms with Gasteiger partial charge < -0.3 is 15.4 Å². The number of benzene rings is 2. The second-order valence-electron chi connectivity index (χ2n) is 5.33. The van der Waals surface area contributed by atoms with Gasteiger partial charge in [0.15, 0.2) is 5.69 Å². The Labute approximate surface area is 145 Å². The number of nitrogens with zero attached hydrogens (tertiary/aromatic N) is 2. The third-order valence-electron chi connectivity index (χ3n) is 3.56. The first kappa shape index (κ1) is 16.4. The van der Waals surface area contributed by atoms with E-state index in [-0.39, 0.29) is 11.6 Å². The summed E-state index contributed by atoms with van der Waals surface area (Å²) in [5, 5.41) is 14.0. The highest BCUT2D eigenvalue weighted by molar-refractivity contribution is 6.02. The fraction of sp³-hybridized carbons (Fsp3) is 0.105. The standard InChI is InChI=1S/C19H18N4O2/c1-25-16-9-7-15(8-10-16)21-19(24)17-11-12-18(23-22-17)20-13-14-5-3-2-4-6-14/h2-12H,13H2,1H3,(H,20,23)(H,21,24). The molecule has 0 unspecified atom stereocenters. The van der Waals surface area contributed by atoms with Crippen LogP contribution in [0.4, 0.5) is 11.5 Å². The number of aromatic nitrogens is 2. The number of anilines is 2. The summed E-state index contributed by atoms with van der Waals surface area (Å²) in [7, 11) is 1.59. The van der Waals surface area contributed by atoms with Gasteiger partial charge in [0.2, 0.25) is 0 Å². The zero-order chi connectivity index (χ0) is 17.5. The fourth-order valence-corrected chi connectivity index (χ4v) is 2.21. The topological polar surface area (TPSA) is 76.1 Å². The molecule has 3 aromatic rings. The van der Waals surface area contributed by atoms with Crippen molar-refractivity contribution in [3.63, 3.8) is 0 Å². The molecule has 6 heteroatoms. The third kappa shape index (κ3) is 4.54. The number of rotatable bonds is 6. The Morgan fingerprint density at radius 1 is 0.960 bits per heavy atom. The molecule has 0 atom stereocenters. The van der Waals surface area contributed by atoms with E-state index in [1.807, 2.05) is 30.3 Å². The zero-order valence-corrected chi connectivity index (χ0v) is 13.8. The van der Waals surface area contributed by atoms with Crippen LogP contribution < -0.4 is 15.4 Å². The molecular formula is C19H18N4O2. The summed E-state index contributed by atoms with van der Waals surface area (Å²) in [6, 6.07) is 20.4. The molecule has 0 saturated heterocycles. The number of amides is 1. The predicted molar refractivity (Wildman–Crippen MR) is 96.7 cm³/mol. The summed E-state index contributed by atoms with van der Waals surface area (Å²) < 4.78 is 5.08. The van der Waals surface area contributed by atoms with E-state index in [0.29, 0.717) is 18.1 Å². The molecule has 3 rings (SSSR count). The van der Waals surface area contributed by atoms with Gasteiger partial charge in [0.25, 0.3) is 5.91 Å². The molecule has 0 spiro atoms. The van der Waals surface area contributed by atoms with Crippen LogP contribution in [0.25, 0.3) is 0 Å². The Morgan fingerprint density at radius 3 is 2.36 bits per heavy atom. The normalized spacial score (nSPS) is 10.1. The van der Waals surface area contributed by atoms with E-state index >= 15 is 0 Å². The lowest BCUT2D eigenvalue weighted by atomic mass is 10.2. The first-order chi connectivity index (χ1) is 12.2. The van der Waals surface area contributed by atoms with Crippen LogP contribution in [0.2, 0.25) is 0 Å². The Bertz CT molecular complexity index is 818. The van der Waals surface area contributed by atoms with Crippen LogP contribution in [-0.4, -0.2) is 23.2 Å². The minimum atomic E-state index is -0.313. The summed E-state index contributed by atoms with van der Waals surface area (Å²) in [5.41, 5.74) is 2.06. The van der Waals surface area contributed by atoms with Crippen molar-refractivity contribution in [2.75, 3.05) is 17.7 Å². The van der Waals surface area contributed by atoms with Gasteiger partial charge in [-0.05, 0) is 42.0 Å². The molecule has 2 N–H and O–H groups in total. The second-order valence-corrected chi connectivity index (χ2v) is 5.33. The maximum Gasteiger partial charge on any atom is 0.276 e. The van der Waals surface area contributed by atoms with Gasteiger partial charge in [-0.1, -0.05) is 30.3 Å². The summed E-state index contributed by atoms with van der Waals surface area (Å²) in [4.78, 5) is 12.2. The number of ether oxygens (including phenoxy) is 1. The smallest absolute Gasteiger partial charge is 0.276 e. The molecule has 0 aliphatic carbocycles. The van der Waals surface area contributed by atoms with E-state index in [9.17, 15) is 4.79 Å². The van der Waals surface area contributed by atoms with E-state index in [2.05, 4.69) is 20.8 Å². The molecule has 0 saturated carbocycles.